The summed E-state index contributed by atoms with van der Waals surface area (Å²) in [6.45, 7) is 0.522. The second-order valence-corrected chi connectivity index (χ2v) is 4.80. The minimum absolute atomic E-state index is 0.302. The quantitative estimate of drug-likeness (QED) is 0.671. The summed E-state index contributed by atoms with van der Waals surface area (Å²) in [5, 5.41) is 6.00. The summed E-state index contributed by atoms with van der Waals surface area (Å²) in [6, 6.07) is 10.1. The summed E-state index contributed by atoms with van der Waals surface area (Å²) in [7, 11) is 0. The van der Waals surface area contributed by atoms with Gasteiger partial charge in [-0.25, -0.2) is 14.4 Å². The van der Waals surface area contributed by atoms with Crippen LogP contribution in [0.1, 0.15) is 5.56 Å². The maximum Gasteiger partial charge on any atom is 0.159 e. The Balaban J connectivity index is 1.77. The van der Waals surface area contributed by atoms with Crippen LogP contribution in [0.15, 0.2) is 55.1 Å². The van der Waals surface area contributed by atoms with Crippen LogP contribution in [0, 0.1) is 5.82 Å². The molecule has 3 rings (SSSR count). The molecule has 0 saturated heterocycles. The number of para-hydroxylation sites is 1. The van der Waals surface area contributed by atoms with Crippen LogP contribution in [0.2, 0.25) is 0 Å². The van der Waals surface area contributed by atoms with Crippen molar-refractivity contribution in [2.75, 3.05) is 16.4 Å². The Kier molecular flexibility index (Phi) is 4.28. The molecular formula is C16H15FN6. The van der Waals surface area contributed by atoms with Gasteiger partial charge in [0.1, 0.15) is 17.8 Å². The van der Waals surface area contributed by atoms with Crippen molar-refractivity contribution in [1.82, 2.24) is 15.0 Å². The molecule has 4 N–H and O–H groups in total. The van der Waals surface area contributed by atoms with Gasteiger partial charge in [-0.2, -0.15) is 0 Å². The van der Waals surface area contributed by atoms with Crippen molar-refractivity contribution in [1.29, 1.82) is 0 Å². The largest absolute Gasteiger partial charge is 0.393 e. The number of nitrogens with one attached hydrogen (secondary N) is 2. The molecule has 2 aromatic heterocycles. The first kappa shape index (κ1) is 14.7. The van der Waals surface area contributed by atoms with Gasteiger partial charge in [-0.1, -0.05) is 18.2 Å². The monoisotopic (exact) mass is 310 g/mol. The van der Waals surface area contributed by atoms with Gasteiger partial charge in [0.2, 0.25) is 0 Å². The first-order chi connectivity index (χ1) is 11.2. The van der Waals surface area contributed by atoms with Crippen LogP contribution in [0.5, 0.6) is 0 Å². The lowest BCUT2D eigenvalue weighted by Gasteiger charge is -2.12. The average molecular weight is 310 g/mol. The van der Waals surface area contributed by atoms with Gasteiger partial charge in [0.25, 0.3) is 0 Å². The highest BCUT2D eigenvalue weighted by Gasteiger charge is 2.10. The van der Waals surface area contributed by atoms with Crippen LogP contribution < -0.4 is 16.4 Å². The maximum absolute atomic E-state index is 13.7. The molecule has 116 valence electrons. The fraction of sp³-hybridized carbons (Fsp3) is 0.0625. The SMILES string of the molecule is Nc1c(NCc2cccnc2)ncnc1Nc1ccccc1F. The molecule has 0 unspecified atom stereocenters. The van der Waals surface area contributed by atoms with Crippen molar-refractivity contribution in [2.45, 2.75) is 6.54 Å². The Hall–Kier alpha value is -3.22. The van der Waals surface area contributed by atoms with Gasteiger partial charge in [0.15, 0.2) is 11.6 Å². The van der Waals surface area contributed by atoms with E-state index in [1.165, 1.54) is 12.4 Å². The van der Waals surface area contributed by atoms with E-state index in [0.717, 1.165) is 5.56 Å². The average Bonchev–Trinajstić information content (AvgIpc) is 2.58. The van der Waals surface area contributed by atoms with Crippen molar-refractivity contribution in [2.24, 2.45) is 0 Å². The fourth-order valence-corrected chi connectivity index (χ4v) is 2.01. The van der Waals surface area contributed by atoms with Crippen LogP contribution in [0.25, 0.3) is 0 Å². The van der Waals surface area contributed by atoms with Gasteiger partial charge in [-0.15, -0.1) is 0 Å². The Morgan fingerprint density at radius 2 is 1.87 bits per heavy atom. The number of nitrogens with two attached hydrogens (primary N) is 1. The lowest BCUT2D eigenvalue weighted by Crippen LogP contribution is -2.08. The van der Waals surface area contributed by atoms with Crippen LogP contribution in [0.3, 0.4) is 0 Å². The summed E-state index contributed by atoms with van der Waals surface area (Å²) in [5.41, 5.74) is 7.67. The highest BCUT2D eigenvalue weighted by Crippen LogP contribution is 2.27. The summed E-state index contributed by atoms with van der Waals surface area (Å²) in [5.74, 6) is 0.442. The lowest BCUT2D eigenvalue weighted by atomic mass is 10.3. The van der Waals surface area contributed by atoms with Crippen molar-refractivity contribution in [3.63, 3.8) is 0 Å². The number of nitrogens with zero attached hydrogens (tertiary/aromatic N) is 3. The normalized spacial score (nSPS) is 10.3. The van der Waals surface area contributed by atoms with E-state index in [0.29, 0.717) is 29.6 Å². The fourth-order valence-electron chi connectivity index (χ4n) is 2.01. The van der Waals surface area contributed by atoms with Gasteiger partial charge < -0.3 is 16.4 Å². The number of anilines is 4. The third-order valence-electron chi connectivity index (χ3n) is 3.19. The molecule has 0 aliphatic heterocycles. The molecule has 7 heteroatoms. The lowest BCUT2D eigenvalue weighted by molar-refractivity contribution is 0.632. The van der Waals surface area contributed by atoms with Crippen LogP contribution in [-0.4, -0.2) is 15.0 Å². The van der Waals surface area contributed by atoms with E-state index in [1.807, 2.05) is 12.1 Å². The molecule has 2 heterocycles. The number of rotatable bonds is 5. The number of halogens is 1. The molecule has 0 bridgehead atoms. The Labute approximate surface area is 132 Å². The maximum atomic E-state index is 13.7. The van der Waals surface area contributed by atoms with E-state index in [1.54, 1.807) is 30.6 Å². The zero-order chi connectivity index (χ0) is 16.1. The number of aromatic nitrogens is 3. The molecule has 0 spiro atoms. The van der Waals surface area contributed by atoms with Crippen molar-refractivity contribution in [3.8, 4) is 0 Å². The molecule has 3 aromatic rings. The molecule has 0 radical (unpaired) electrons. The van der Waals surface area contributed by atoms with Gasteiger partial charge >= 0.3 is 0 Å². The van der Waals surface area contributed by atoms with Gasteiger partial charge in [-0.3, -0.25) is 4.98 Å². The molecule has 0 aliphatic carbocycles. The number of nitrogen functional groups attached to an aromatic ring is 1. The zero-order valence-electron chi connectivity index (χ0n) is 12.2. The molecule has 0 fully saturated rings. The highest BCUT2D eigenvalue weighted by molar-refractivity contribution is 5.77. The van der Waals surface area contributed by atoms with E-state index in [4.69, 9.17) is 5.73 Å². The molecular weight excluding hydrogens is 295 g/mol. The summed E-state index contributed by atoms with van der Waals surface area (Å²) < 4.78 is 13.7. The van der Waals surface area contributed by atoms with E-state index < -0.39 is 0 Å². The van der Waals surface area contributed by atoms with E-state index in [-0.39, 0.29) is 5.82 Å². The Morgan fingerprint density at radius 3 is 2.65 bits per heavy atom. The van der Waals surface area contributed by atoms with E-state index >= 15 is 0 Å². The molecule has 23 heavy (non-hydrogen) atoms. The Morgan fingerprint density at radius 1 is 1.04 bits per heavy atom. The predicted octanol–water partition coefficient (Wildman–Crippen LogP) is 2.95. The van der Waals surface area contributed by atoms with Crippen molar-refractivity contribution < 1.29 is 4.39 Å². The second kappa shape index (κ2) is 6.69. The van der Waals surface area contributed by atoms with Crippen molar-refractivity contribution in [3.05, 3.63) is 66.5 Å². The topological polar surface area (TPSA) is 88.8 Å². The number of pyridine rings is 1. The number of hydrogen-bond acceptors (Lipinski definition) is 6. The third-order valence-corrected chi connectivity index (χ3v) is 3.19. The molecule has 0 aliphatic rings. The Bertz CT molecular complexity index is 794. The van der Waals surface area contributed by atoms with Crippen molar-refractivity contribution >= 4 is 23.0 Å². The third kappa shape index (κ3) is 3.52. The molecule has 0 atom stereocenters. The zero-order valence-corrected chi connectivity index (χ0v) is 12.2. The van der Waals surface area contributed by atoms with Crippen LogP contribution in [-0.2, 0) is 6.54 Å². The minimum atomic E-state index is -0.379. The summed E-state index contributed by atoms with van der Waals surface area (Å²) in [6.07, 6.45) is 4.83. The van der Waals surface area contributed by atoms with E-state index in [9.17, 15) is 4.39 Å². The first-order valence-corrected chi connectivity index (χ1v) is 6.99. The molecule has 0 saturated carbocycles. The van der Waals surface area contributed by atoms with Gasteiger partial charge in [0.05, 0.1) is 5.69 Å². The molecule has 1 aromatic carbocycles. The summed E-state index contributed by atoms with van der Waals surface area (Å²) in [4.78, 5) is 12.2. The molecule has 6 nitrogen and oxygen atoms in total. The van der Waals surface area contributed by atoms with Gasteiger partial charge in [-0.05, 0) is 23.8 Å². The van der Waals surface area contributed by atoms with Crippen LogP contribution >= 0.6 is 0 Å². The van der Waals surface area contributed by atoms with Gasteiger partial charge in [0, 0.05) is 18.9 Å². The standard InChI is InChI=1S/C16H15FN6/c17-12-5-1-2-6-13(12)23-16-14(18)15(21-10-22-16)20-9-11-4-3-7-19-8-11/h1-8,10H,9,18H2,(H2,20,21,22,23). The number of benzene rings is 1. The number of hydrogen-bond donors (Lipinski definition) is 3. The second-order valence-electron chi connectivity index (χ2n) is 4.80. The summed E-state index contributed by atoms with van der Waals surface area (Å²) >= 11 is 0. The minimum Gasteiger partial charge on any atom is -0.393 e. The first-order valence-electron chi connectivity index (χ1n) is 6.99. The molecule has 0 amide bonds. The predicted molar refractivity (Wildman–Crippen MR) is 87.7 cm³/mol. The van der Waals surface area contributed by atoms with Crippen LogP contribution in [0.4, 0.5) is 27.4 Å². The smallest absolute Gasteiger partial charge is 0.159 e. The highest BCUT2D eigenvalue weighted by atomic mass is 19.1. The van der Waals surface area contributed by atoms with E-state index in [2.05, 4.69) is 25.6 Å².